The summed E-state index contributed by atoms with van der Waals surface area (Å²) in [5.41, 5.74) is 0.495. The maximum Gasteiger partial charge on any atom is 0.329 e. The molecule has 0 fully saturated rings. The molecule has 1 aromatic rings. The first-order valence-electron chi connectivity index (χ1n) is 7.27. The maximum absolute atomic E-state index is 12.1. The Balaban J connectivity index is 2.90. The van der Waals surface area contributed by atoms with E-state index in [0.29, 0.717) is 18.5 Å². The Hall–Kier alpha value is -2.04. The predicted molar refractivity (Wildman–Crippen MR) is 83.6 cm³/mol. The predicted octanol–water partition coefficient (Wildman–Crippen LogP) is 3.57. The first-order valence-corrected chi connectivity index (χ1v) is 7.27. The van der Waals surface area contributed by atoms with Gasteiger partial charge in [0, 0.05) is 5.69 Å². The number of carbonyl (C=O) groups excluding carboxylic acids is 1. The molecule has 116 valence electrons. The number of urea groups is 1. The van der Waals surface area contributed by atoms with E-state index >= 15 is 0 Å². The summed E-state index contributed by atoms with van der Waals surface area (Å²) in [7, 11) is 0. The van der Waals surface area contributed by atoms with Gasteiger partial charge in [0.1, 0.15) is 5.54 Å². The molecule has 0 spiro atoms. The summed E-state index contributed by atoms with van der Waals surface area (Å²) in [6, 6.07) is 7.03. The number of benzene rings is 1. The number of hydrogen-bond acceptors (Lipinski definition) is 2. The van der Waals surface area contributed by atoms with Crippen LogP contribution in [0, 0.1) is 0 Å². The van der Waals surface area contributed by atoms with E-state index in [0.717, 1.165) is 5.56 Å². The highest BCUT2D eigenvalue weighted by atomic mass is 16.4. The quantitative estimate of drug-likeness (QED) is 0.750. The summed E-state index contributed by atoms with van der Waals surface area (Å²) in [6.07, 6.45) is 0.663. The molecule has 0 aromatic heterocycles. The van der Waals surface area contributed by atoms with Gasteiger partial charge in [-0.1, -0.05) is 45.9 Å². The van der Waals surface area contributed by atoms with Crippen LogP contribution in [0.25, 0.3) is 0 Å². The summed E-state index contributed by atoms with van der Waals surface area (Å²) in [5, 5.41) is 14.7. The Bertz CT molecular complexity index is 508. The first-order chi connectivity index (χ1) is 9.86. The van der Waals surface area contributed by atoms with Crippen LogP contribution in [0.4, 0.5) is 10.5 Å². The molecule has 0 atom stereocenters. The molecule has 0 aliphatic carbocycles. The average Bonchev–Trinajstić information content (AvgIpc) is 2.44. The van der Waals surface area contributed by atoms with E-state index in [-0.39, 0.29) is 5.92 Å². The average molecular weight is 292 g/mol. The van der Waals surface area contributed by atoms with Crippen LogP contribution in [0.1, 0.15) is 52.0 Å². The highest BCUT2D eigenvalue weighted by Crippen LogP contribution is 2.24. The zero-order chi connectivity index (χ0) is 16.0. The Morgan fingerprint density at radius 1 is 1.19 bits per heavy atom. The van der Waals surface area contributed by atoms with Gasteiger partial charge in [0.2, 0.25) is 0 Å². The number of amides is 2. The number of rotatable bonds is 6. The SMILES string of the molecule is CCC(CC)(NC(=O)Nc1ccccc1C(C)C)C(=O)O. The lowest BCUT2D eigenvalue weighted by molar-refractivity contribution is -0.144. The van der Waals surface area contributed by atoms with Gasteiger partial charge in [0.05, 0.1) is 0 Å². The minimum Gasteiger partial charge on any atom is -0.480 e. The lowest BCUT2D eigenvalue weighted by atomic mass is 9.93. The second-order valence-electron chi connectivity index (χ2n) is 5.42. The normalized spacial score (nSPS) is 11.3. The molecule has 3 N–H and O–H groups in total. The summed E-state index contributed by atoms with van der Waals surface area (Å²) >= 11 is 0. The second kappa shape index (κ2) is 7.11. The third-order valence-electron chi connectivity index (χ3n) is 3.80. The molecule has 0 heterocycles. The summed E-state index contributed by atoms with van der Waals surface area (Å²) in [4.78, 5) is 23.5. The highest BCUT2D eigenvalue weighted by molar-refractivity contribution is 5.94. The monoisotopic (exact) mass is 292 g/mol. The van der Waals surface area contributed by atoms with E-state index in [4.69, 9.17) is 0 Å². The maximum atomic E-state index is 12.1. The highest BCUT2D eigenvalue weighted by Gasteiger charge is 2.36. The van der Waals surface area contributed by atoms with E-state index in [9.17, 15) is 14.7 Å². The molecule has 0 unspecified atom stereocenters. The molecule has 21 heavy (non-hydrogen) atoms. The van der Waals surface area contributed by atoms with Crippen molar-refractivity contribution in [2.75, 3.05) is 5.32 Å². The zero-order valence-corrected chi connectivity index (χ0v) is 13.1. The van der Waals surface area contributed by atoms with Crippen molar-refractivity contribution in [3.63, 3.8) is 0 Å². The van der Waals surface area contributed by atoms with E-state index in [1.165, 1.54) is 0 Å². The summed E-state index contributed by atoms with van der Waals surface area (Å²) < 4.78 is 0. The molecule has 0 saturated heterocycles. The number of nitrogens with one attached hydrogen (secondary N) is 2. The molecule has 2 amide bonds. The topological polar surface area (TPSA) is 78.4 Å². The van der Waals surface area contributed by atoms with Crippen molar-refractivity contribution in [1.29, 1.82) is 0 Å². The Kier molecular flexibility index (Phi) is 5.76. The minimum atomic E-state index is -1.23. The van der Waals surface area contributed by atoms with Gasteiger partial charge in [-0.2, -0.15) is 0 Å². The third-order valence-corrected chi connectivity index (χ3v) is 3.80. The van der Waals surface area contributed by atoms with E-state index in [1.807, 2.05) is 38.1 Å². The van der Waals surface area contributed by atoms with Gasteiger partial charge in [-0.3, -0.25) is 0 Å². The molecule has 0 aliphatic rings. The first kappa shape index (κ1) is 17.0. The number of carboxylic acids is 1. The van der Waals surface area contributed by atoms with Crippen molar-refractivity contribution in [2.24, 2.45) is 0 Å². The second-order valence-corrected chi connectivity index (χ2v) is 5.42. The van der Waals surface area contributed by atoms with Crippen LogP contribution in [-0.2, 0) is 4.79 Å². The van der Waals surface area contributed by atoms with Gasteiger partial charge in [0.25, 0.3) is 0 Å². The number of anilines is 1. The fourth-order valence-electron chi connectivity index (χ4n) is 2.27. The zero-order valence-electron chi connectivity index (χ0n) is 13.1. The molecule has 0 saturated carbocycles. The molecule has 5 heteroatoms. The molecule has 5 nitrogen and oxygen atoms in total. The van der Waals surface area contributed by atoms with Crippen molar-refractivity contribution >= 4 is 17.7 Å². The lowest BCUT2D eigenvalue weighted by Crippen LogP contribution is -2.55. The number of carbonyl (C=O) groups is 2. The van der Waals surface area contributed by atoms with Gasteiger partial charge in [-0.05, 0) is 30.4 Å². The van der Waals surface area contributed by atoms with Crippen LogP contribution in [-0.4, -0.2) is 22.6 Å². The van der Waals surface area contributed by atoms with Crippen molar-refractivity contribution < 1.29 is 14.7 Å². The Morgan fingerprint density at radius 2 is 1.76 bits per heavy atom. The van der Waals surface area contributed by atoms with Crippen molar-refractivity contribution in [3.05, 3.63) is 29.8 Å². The van der Waals surface area contributed by atoms with Crippen molar-refractivity contribution in [3.8, 4) is 0 Å². The Morgan fingerprint density at radius 3 is 2.24 bits per heavy atom. The number of aliphatic carboxylic acids is 1. The lowest BCUT2D eigenvalue weighted by Gasteiger charge is -2.28. The van der Waals surface area contributed by atoms with Crippen LogP contribution >= 0.6 is 0 Å². The van der Waals surface area contributed by atoms with E-state index < -0.39 is 17.5 Å². The molecular weight excluding hydrogens is 268 g/mol. The summed E-state index contributed by atoms with van der Waals surface area (Å²) in [6.45, 7) is 7.58. The van der Waals surface area contributed by atoms with Crippen molar-refractivity contribution in [1.82, 2.24) is 5.32 Å². The molecule has 0 bridgehead atoms. The van der Waals surface area contributed by atoms with Gasteiger partial charge in [0.15, 0.2) is 0 Å². The number of hydrogen-bond donors (Lipinski definition) is 3. The Labute approximate surface area is 125 Å². The van der Waals surface area contributed by atoms with E-state index in [2.05, 4.69) is 10.6 Å². The van der Waals surface area contributed by atoms with E-state index in [1.54, 1.807) is 13.8 Å². The van der Waals surface area contributed by atoms with Crippen molar-refractivity contribution in [2.45, 2.75) is 52.0 Å². The molecule has 1 aromatic carbocycles. The van der Waals surface area contributed by atoms with Crippen LogP contribution in [0.5, 0.6) is 0 Å². The third kappa shape index (κ3) is 3.97. The van der Waals surface area contributed by atoms with Gasteiger partial charge < -0.3 is 15.7 Å². The minimum absolute atomic E-state index is 0.267. The standard InChI is InChI=1S/C16H24N2O3/c1-5-16(6-2,14(19)20)18-15(21)17-13-10-8-7-9-12(13)11(3)4/h7-11H,5-6H2,1-4H3,(H,19,20)(H2,17,18,21). The molecular formula is C16H24N2O3. The smallest absolute Gasteiger partial charge is 0.329 e. The van der Waals surface area contributed by atoms with Crippen LogP contribution in [0.15, 0.2) is 24.3 Å². The molecule has 1 rings (SSSR count). The number of para-hydroxylation sites is 1. The largest absolute Gasteiger partial charge is 0.480 e. The summed E-state index contributed by atoms with van der Waals surface area (Å²) in [5.74, 6) is -0.747. The fourth-order valence-corrected chi connectivity index (χ4v) is 2.27. The fraction of sp³-hybridized carbons (Fsp3) is 0.500. The van der Waals surface area contributed by atoms with Crippen LogP contribution in [0.2, 0.25) is 0 Å². The van der Waals surface area contributed by atoms with Gasteiger partial charge in [-0.25, -0.2) is 9.59 Å². The van der Waals surface area contributed by atoms with Crippen LogP contribution in [0.3, 0.4) is 0 Å². The molecule has 0 aliphatic heterocycles. The van der Waals surface area contributed by atoms with Crippen LogP contribution < -0.4 is 10.6 Å². The number of carboxylic acid groups (broad SMARTS) is 1. The van der Waals surface area contributed by atoms with Gasteiger partial charge in [-0.15, -0.1) is 0 Å². The molecule has 0 radical (unpaired) electrons. The van der Waals surface area contributed by atoms with Gasteiger partial charge >= 0.3 is 12.0 Å².